The Morgan fingerprint density at radius 2 is 1.44 bits per heavy atom. The van der Waals surface area contributed by atoms with Crippen LogP contribution < -0.4 is 24.3 Å². The fourth-order valence-electron chi connectivity index (χ4n) is 2.52. The minimum atomic E-state index is -0.243. The number of ether oxygens (including phenoxy) is 4. The molecule has 2 rings (SSSR count). The van der Waals surface area contributed by atoms with Gasteiger partial charge in [-0.15, -0.1) is 0 Å². The third-order valence-corrected chi connectivity index (χ3v) is 3.82. The quantitative estimate of drug-likeness (QED) is 0.797. The molecular formula is C19H23NO5. The first kappa shape index (κ1) is 18.4. The molecule has 0 saturated heterocycles. The van der Waals surface area contributed by atoms with Crippen LogP contribution in [0, 0.1) is 0 Å². The number of hydrogen-bond donors (Lipinski definition) is 1. The summed E-state index contributed by atoms with van der Waals surface area (Å²) < 4.78 is 21.1. The molecule has 6 heteroatoms. The normalized spacial score (nSPS) is 10.1. The van der Waals surface area contributed by atoms with Crippen molar-refractivity contribution in [1.82, 2.24) is 5.32 Å². The number of nitrogens with one attached hydrogen (secondary N) is 1. The van der Waals surface area contributed by atoms with Gasteiger partial charge in [-0.2, -0.15) is 0 Å². The summed E-state index contributed by atoms with van der Waals surface area (Å²) in [7, 11) is 6.19. The van der Waals surface area contributed by atoms with Gasteiger partial charge in [-0.05, 0) is 18.1 Å². The predicted octanol–water partition coefficient (Wildman–Crippen LogP) is 2.69. The largest absolute Gasteiger partial charge is 0.496 e. The van der Waals surface area contributed by atoms with Gasteiger partial charge in [0.15, 0.2) is 11.5 Å². The van der Waals surface area contributed by atoms with Crippen LogP contribution in [0.25, 0.3) is 0 Å². The number of benzene rings is 2. The molecule has 0 spiro atoms. The molecule has 134 valence electrons. The highest BCUT2D eigenvalue weighted by atomic mass is 16.5. The molecule has 0 unspecified atom stereocenters. The second-order valence-electron chi connectivity index (χ2n) is 5.23. The van der Waals surface area contributed by atoms with Crippen LogP contribution in [0.2, 0.25) is 0 Å². The molecule has 0 atom stereocenters. The van der Waals surface area contributed by atoms with E-state index in [1.165, 1.54) is 21.3 Å². The Morgan fingerprint density at radius 3 is 2.08 bits per heavy atom. The standard InChI is InChI=1S/C19H23NO5/c1-22-15-8-6-5-7-13(15)9-10-20-19(21)14-11-17(24-3)18(25-4)12-16(14)23-2/h5-8,11-12H,9-10H2,1-4H3,(H,20,21). The molecule has 2 aromatic rings. The van der Waals surface area contributed by atoms with Crippen molar-refractivity contribution >= 4 is 5.91 Å². The zero-order valence-corrected chi connectivity index (χ0v) is 14.9. The number of para-hydroxylation sites is 1. The van der Waals surface area contributed by atoms with Gasteiger partial charge in [-0.1, -0.05) is 18.2 Å². The van der Waals surface area contributed by atoms with Crippen molar-refractivity contribution in [3.05, 3.63) is 47.5 Å². The van der Waals surface area contributed by atoms with Gasteiger partial charge < -0.3 is 24.3 Å². The molecular weight excluding hydrogens is 322 g/mol. The number of carbonyl (C=O) groups excluding carboxylic acids is 1. The zero-order valence-electron chi connectivity index (χ0n) is 14.9. The summed E-state index contributed by atoms with van der Waals surface area (Å²) in [5.41, 5.74) is 1.42. The Bertz CT molecular complexity index is 730. The first-order valence-corrected chi connectivity index (χ1v) is 7.84. The summed E-state index contributed by atoms with van der Waals surface area (Å²) in [5.74, 6) is 1.96. The number of rotatable bonds is 8. The summed E-state index contributed by atoms with van der Waals surface area (Å²) in [6, 6.07) is 11.0. The molecule has 1 N–H and O–H groups in total. The van der Waals surface area contributed by atoms with Gasteiger partial charge in [-0.3, -0.25) is 4.79 Å². The number of hydrogen-bond acceptors (Lipinski definition) is 5. The highest BCUT2D eigenvalue weighted by molar-refractivity contribution is 5.97. The van der Waals surface area contributed by atoms with E-state index < -0.39 is 0 Å². The Morgan fingerprint density at radius 1 is 0.840 bits per heavy atom. The van der Waals surface area contributed by atoms with Crippen LogP contribution in [-0.2, 0) is 6.42 Å². The van der Waals surface area contributed by atoms with Crippen molar-refractivity contribution in [3.8, 4) is 23.0 Å². The molecule has 0 heterocycles. The van der Waals surface area contributed by atoms with Crippen molar-refractivity contribution in [3.63, 3.8) is 0 Å². The first-order valence-electron chi connectivity index (χ1n) is 7.84. The fraction of sp³-hybridized carbons (Fsp3) is 0.316. The molecule has 0 aromatic heterocycles. The molecule has 0 aliphatic rings. The Labute approximate surface area is 147 Å². The topological polar surface area (TPSA) is 66.0 Å². The Kier molecular flexibility index (Phi) is 6.51. The predicted molar refractivity (Wildman–Crippen MR) is 95.1 cm³/mol. The minimum Gasteiger partial charge on any atom is -0.496 e. The van der Waals surface area contributed by atoms with E-state index >= 15 is 0 Å². The molecule has 2 aromatic carbocycles. The Balaban J connectivity index is 2.10. The van der Waals surface area contributed by atoms with Crippen LogP contribution in [0.15, 0.2) is 36.4 Å². The lowest BCUT2D eigenvalue weighted by Crippen LogP contribution is -2.26. The lowest BCUT2D eigenvalue weighted by molar-refractivity contribution is 0.0950. The summed E-state index contributed by atoms with van der Waals surface area (Å²) in [4.78, 5) is 12.5. The molecule has 6 nitrogen and oxygen atoms in total. The average Bonchev–Trinajstić information content (AvgIpc) is 2.66. The van der Waals surface area contributed by atoms with Gasteiger partial charge in [-0.25, -0.2) is 0 Å². The van der Waals surface area contributed by atoms with Crippen LogP contribution in [0.1, 0.15) is 15.9 Å². The molecule has 0 radical (unpaired) electrons. The number of methoxy groups -OCH3 is 4. The van der Waals surface area contributed by atoms with Crippen molar-refractivity contribution in [2.45, 2.75) is 6.42 Å². The van der Waals surface area contributed by atoms with Gasteiger partial charge >= 0.3 is 0 Å². The van der Waals surface area contributed by atoms with E-state index in [9.17, 15) is 4.79 Å². The molecule has 0 fully saturated rings. The van der Waals surface area contributed by atoms with E-state index in [0.717, 1.165) is 11.3 Å². The first-order chi connectivity index (χ1) is 12.1. The van der Waals surface area contributed by atoms with Crippen LogP contribution in [0.3, 0.4) is 0 Å². The summed E-state index contributed by atoms with van der Waals surface area (Å²) in [6.45, 7) is 0.469. The third kappa shape index (κ3) is 4.35. The van der Waals surface area contributed by atoms with Crippen LogP contribution in [-0.4, -0.2) is 40.9 Å². The molecule has 0 saturated carbocycles. The van der Waals surface area contributed by atoms with E-state index in [4.69, 9.17) is 18.9 Å². The fourth-order valence-corrected chi connectivity index (χ4v) is 2.52. The lowest BCUT2D eigenvalue weighted by Gasteiger charge is -2.14. The monoisotopic (exact) mass is 345 g/mol. The number of carbonyl (C=O) groups is 1. The average molecular weight is 345 g/mol. The summed E-state index contributed by atoms with van der Waals surface area (Å²) in [5, 5.41) is 2.89. The second-order valence-corrected chi connectivity index (χ2v) is 5.23. The highest BCUT2D eigenvalue weighted by Gasteiger charge is 2.17. The van der Waals surface area contributed by atoms with Crippen molar-refractivity contribution in [2.24, 2.45) is 0 Å². The second kappa shape index (κ2) is 8.82. The molecule has 0 aliphatic heterocycles. The van der Waals surface area contributed by atoms with Gasteiger partial charge in [0, 0.05) is 18.7 Å². The smallest absolute Gasteiger partial charge is 0.255 e. The minimum absolute atomic E-state index is 0.243. The third-order valence-electron chi connectivity index (χ3n) is 3.82. The summed E-state index contributed by atoms with van der Waals surface area (Å²) in [6.07, 6.45) is 0.658. The van der Waals surface area contributed by atoms with Crippen molar-refractivity contribution in [1.29, 1.82) is 0 Å². The van der Waals surface area contributed by atoms with E-state index in [2.05, 4.69) is 5.32 Å². The maximum Gasteiger partial charge on any atom is 0.255 e. The summed E-state index contributed by atoms with van der Waals surface area (Å²) >= 11 is 0. The van der Waals surface area contributed by atoms with E-state index in [-0.39, 0.29) is 5.91 Å². The molecule has 1 amide bonds. The lowest BCUT2D eigenvalue weighted by atomic mass is 10.1. The molecule has 0 aliphatic carbocycles. The Hall–Kier alpha value is -2.89. The van der Waals surface area contributed by atoms with Gasteiger partial charge in [0.2, 0.25) is 0 Å². The number of amides is 1. The van der Waals surface area contributed by atoms with E-state index in [1.54, 1.807) is 19.2 Å². The van der Waals surface area contributed by atoms with Crippen LogP contribution >= 0.6 is 0 Å². The maximum absolute atomic E-state index is 12.5. The zero-order chi connectivity index (χ0) is 18.2. The SMILES string of the molecule is COc1ccccc1CCNC(=O)c1cc(OC)c(OC)cc1OC. The maximum atomic E-state index is 12.5. The van der Waals surface area contributed by atoms with Crippen molar-refractivity contribution < 1.29 is 23.7 Å². The highest BCUT2D eigenvalue weighted by Crippen LogP contribution is 2.34. The van der Waals surface area contributed by atoms with Crippen LogP contribution in [0.4, 0.5) is 0 Å². The van der Waals surface area contributed by atoms with Gasteiger partial charge in [0.05, 0.1) is 34.0 Å². The van der Waals surface area contributed by atoms with E-state index in [1.807, 2.05) is 24.3 Å². The van der Waals surface area contributed by atoms with Crippen LogP contribution in [0.5, 0.6) is 23.0 Å². The van der Waals surface area contributed by atoms with E-state index in [0.29, 0.717) is 35.8 Å². The molecule has 0 bridgehead atoms. The van der Waals surface area contributed by atoms with Gasteiger partial charge in [0.25, 0.3) is 5.91 Å². The van der Waals surface area contributed by atoms with Crippen molar-refractivity contribution in [2.75, 3.05) is 35.0 Å². The van der Waals surface area contributed by atoms with Gasteiger partial charge in [0.1, 0.15) is 11.5 Å². The molecule has 25 heavy (non-hydrogen) atoms.